The van der Waals surface area contributed by atoms with Crippen molar-refractivity contribution in [1.82, 2.24) is 0 Å². The van der Waals surface area contributed by atoms with E-state index in [4.69, 9.17) is 19.3 Å². The van der Waals surface area contributed by atoms with Gasteiger partial charge in [0.1, 0.15) is 12.2 Å². The van der Waals surface area contributed by atoms with Crippen LogP contribution in [0.15, 0.2) is 90.6 Å². The fourth-order valence-electron chi connectivity index (χ4n) is 5.38. The van der Waals surface area contributed by atoms with Gasteiger partial charge in [-0.15, -0.1) is 0 Å². The van der Waals surface area contributed by atoms with Crippen LogP contribution in [0.5, 0.6) is 0 Å². The molecule has 0 aliphatic carbocycles. The Kier molecular flexibility index (Phi) is 14.4. The second-order valence-corrected chi connectivity index (χ2v) is 11.7. The molecule has 0 bridgehead atoms. The van der Waals surface area contributed by atoms with E-state index >= 15 is 0 Å². The normalized spacial score (nSPS) is 22.6. The van der Waals surface area contributed by atoms with Crippen LogP contribution < -0.4 is 0 Å². The van der Waals surface area contributed by atoms with Gasteiger partial charge in [0.05, 0.1) is 30.5 Å². The summed E-state index contributed by atoms with van der Waals surface area (Å²) in [6.07, 6.45) is 23.5. The summed E-state index contributed by atoms with van der Waals surface area (Å²) in [5.41, 5.74) is 3.14. The van der Waals surface area contributed by atoms with E-state index in [0.717, 1.165) is 38.5 Å². The number of hydrogen-bond acceptors (Lipinski definition) is 5. The van der Waals surface area contributed by atoms with E-state index in [1.807, 2.05) is 30.4 Å². The number of benzene rings is 1. The molecule has 6 atom stereocenters. The van der Waals surface area contributed by atoms with Crippen LogP contribution in [0.4, 0.5) is 0 Å². The van der Waals surface area contributed by atoms with Crippen LogP contribution in [-0.4, -0.2) is 42.1 Å². The Hall–Kier alpha value is -3.33. The quantitative estimate of drug-likeness (QED) is 0.130. The lowest BCUT2D eigenvalue weighted by Crippen LogP contribution is -2.25. The summed E-state index contributed by atoms with van der Waals surface area (Å²) in [6.45, 7) is 11.4. The number of allylic oxidation sites excluding steroid dienone is 2. The number of hydrogen-bond donors (Lipinski definition) is 1. The van der Waals surface area contributed by atoms with Crippen LogP contribution in [0.1, 0.15) is 82.5 Å². The molecule has 2 aliphatic rings. The van der Waals surface area contributed by atoms with Crippen LogP contribution in [0.2, 0.25) is 0 Å². The topological polar surface area (TPSA) is 65.0 Å². The maximum absolute atomic E-state index is 12.9. The van der Waals surface area contributed by atoms with Crippen molar-refractivity contribution in [3.05, 3.63) is 96.2 Å². The van der Waals surface area contributed by atoms with Gasteiger partial charge in [0.15, 0.2) is 0 Å². The Bertz CT molecular complexity index is 1170. The molecule has 1 N–H and O–H groups in total. The van der Waals surface area contributed by atoms with Gasteiger partial charge in [-0.3, -0.25) is 0 Å². The fourth-order valence-corrected chi connectivity index (χ4v) is 5.38. The molecular weight excluding hydrogens is 524 g/mol. The number of aliphatic hydroxyl groups is 1. The Morgan fingerprint density at radius 2 is 2.05 bits per heavy atom. The first-order valence-corrected chi connectivity index (χ1v) is 15.3. The van der Waals surface area contributed by atoms with Gasteiger partial charge in [-0.2, -0.15) is 0 Å². The maximum atomic E-state index is 12.9. The maximum Gasteiger partial charge on any atom is 0.338 e. The first-order chi connectivity index (χ1) is 20.3. The number of aliphatic hydroxyl groups excluding tert-OH is 1. The SMILES string of the molecule is C=C(CC/C=C/C[C@H](OC(=O)c1ccccc1)[C@@H](C)/C=C/[C@@H]1CC(C)=CCO1)C[C@H](C)C[C@@H]1CC=C[C@@H](CC#CO)O1. The van der Waals surface area contributed by atoms with Crippen molar-refractivity contribution in [2.75, 3.05) is 6.61 Å². The second kappa shape index (κ2) is 18.3. The standard InChI is InChI=1S/C37H48O5/c1-28(25-30(3)27-35-17-11-16-33(41-35)18-12-23-38)13-7-5-10-19-36(42-37(39)32-14-8-6-9-15-32)31(4)20-21-34-26-29(2)22-24-40-34/h5-6,8-11,14-16,20-22,30-31,33-36,38H,1,7,13,17-19,24-27H2,2-4H3/b10-5+,21-20+/t30-,31-,33-,34+,35-,36-/m0/s1. The molecule has 42 heavy (non-hydrogen) atoms. The van der Waals surface area contributed by atoms with Gasteiger partial charge in [0.25, 0.3) is 0 Å². The Morgan fingerprint density at radius 3 is 2.81 bits per heavy atom. The molecule has 0 amide bonds. The molecule has 0 radical (unpaired) electrons. The minimum absolute atomic E-state index is 0.0417. The van der Waals surface area contributed by atoms with Crippen molar-refractivity contribution in [3.8, 4) is 12.0 Å². The zero-order valence-electron chi connectivity index (χ0n) is 25.5. The molecule has 1 aromatic carbocycles. The van der Waals surface area contributed by atoms with E-state index in [2.05, 4.69) is 69.7 Å². The number of carbonyl (C=O) groups excluding carboxylic acids is 1. The second-order valence-electron chi connectivity index (χ2n) is 11.7. The van der Waals surface area contributed by atoms with Crippen LogP contribution in [0.3, 0.4) is 0 Å². The van der Waals surface area contributed by atoms with Gasteiger partial charge in [-0.25, -0.2) is 4.79 Å². The minimum Gasteiger partial charge on any atom is -0.462 e. The van der Waals surface area contributed by atoms with Gasteiger partial charge in [0, 0.05) is 18.8 Å². The third-order valence-electron chi connectivity index (χ3n) is 7.75. The van der Waals surface area contributed by atoms with Crippen LogP contribution in [0.25, 0.3) is 0 Å². The van der Waals surface area contributed by atoms with Crippen molar-refractivity contribution in [1.29, 1.82) is 0 Å². The van der Waals surface area contributed by atoms with Crippen molar-refractivity contribution >= 4 is 5.97 Å². The summed E-state index contributed by atoms with van der Waals surface area (Å²) >= 11 is 0. The Balaban J connectivity index is 1.46. The molecule has 2 heterocycles. The molecule has 5 nitrogen and oxygen atoms in total. The molecular formula is C37H48O5. The van der Waals surface area contributed by atoms with Gasteiger partial charge >= 0.3 is 5.97 Å². The molecule has 0 saturated carbocycles. The number of esters is 1. The fraction of sp³-hybridized carbons (Fsp3) is 0.486. The molecule has 0 saturated heterocycles. The van der Waals surface area contributed by atoms with E-state index in [1.54, 1.807) is 12.1 Å². The Labute approximate surface area is 253 Å². The molecule has 1 aromatic rings. The summed E-state index contributed by atoms with van der Waals surface area (Å²) in [5.74, 6) is 2.90. The zero-order chi connectivity index (χ0) is 30.2. The third kappa shape index (κ3) is 12.3. The van der Waals surface area contributed by atoms with Crippen LogP contribution in [0, 0.1) is 23.9 Å². The Morgan fingerprint density at radius 1 is 1.24 bits per heavy atom. The van der Waals surface area contributed by atoms with E-state index in [1.165, 1.54) is 11.1 Å². The summed E-state index contributed by atoms with van der Waals surface area (Å²) in [7, 11) is 0. The zero-order valence-corrected chi connectivity index (χ0v) is 25.5. The van der Waals surface area contributed by atoms with Crippen molar-refractivity contribution in [2.24, 2.45) is 11.8 Å². The number of carbonyl (C=O) groups is 1. The molecule has 0 aromatic heterocycles. The number of rotatable bonds is 15. The monoisotopic (exact) mass is 572 g/mol. The minimum atomic E-state index is -0.297. The van der Waals surface area contributed by atoms with Crippen molar-refractivity contribution < 1.29 is 24.1 Å². The van der Waals surface area contributed by atoms with E-state index in [-0.39, 0.29) is 36.3 Å². The van der Waals surface area contributed by atoms with Gasteiger partial charge in [0.2, 0.25) is 0 Å². The van der Waals surface area contributed by atoms with Gasteiger partial charge in [-0.05, 0) is 63.5 Å². The van der Waals surface area contributed by atoms with Crippen LogP contribution >= 0.6 is 0 Å². The highest BCUT2D eigenvalue weighted by atomic mass is 16.5. The highest BCUT2D eigenvalue weighted by Gasteiger charge is 2.22. The smallest absolute Gasteiger partial charge is 0.338 e. The lowest BCUT2D eigenvalue weighted by atomic mass is 9.92. The first-order valence-electron chi connectivity index (χ1n) is 15.3. The predicted molar refractivity (Wildman–Crippen MR) is 169 cm³/mol. The van der Waals surface area contributed by atoms with Gasteiger partial charge in [-0.1, -0.05) is 98.2 Å². The molecule has 226 valence electrons. The molecule has 0 fully saturated rings. The molecule has 0 unspecified atom stereocenters. The number of ether oxygens (including phenoxy) is 3. The average Bonchev–Trinajstić information content (AvgIpc) is 2.98. The average molecular weight is 573 g/mol. The third-order valence-corrected chi connectivity index (χ3v) is 7.75. The van der Waals surface area contributed by atoms with Gasteiger partial charge < -0.3 is 19.3 Å². The van der Waals surface area contributed by atoms with E-state index < -0.39 is 0 Å². The first kappa shape index (κ1) is 33.2. The molecule has 0 spiro atoms. The highest BCUT2D eigenvalue weighted by Crippen LogP contribution is 2.25. The summed E-state index contributed by atoms with van der Waals surface area (Å²) < 4.78 is 17.9. The lowest BCUT2D eigenvalue weighted by molar-refractivity contribution is -0.00337. The van der Waals surface area contributed by atoms with Crippen molar-refractivity contribution in [2.45, 2.75) is 96.6 Å². The largest absolute Gasteiger partial charge is 0.462 e. The summed E-state index contributed by atoms with van der Waals surface area (Å²) in [4.78, 5) is 12.9. The predicted octanol–water partition coefficient (Wildman–Crippen LogP) is 8.28. The summed E-state index contributed by atoms with van der Waals surface area (Å²) in [5, 5.41) is 8.73. The van der Waals surface area contributed by atoms with E-state index in [9.17, 15) is 4.79 Å². The molecule has 5 heteroatoms. The van der Waals surface area contributed by atoms with Crippen molar-refractivity contribution in [3.63, 3.8) is 0 Å². The van der Waals surface area contributed by atoms with Crippen LogP contribution in [-0.2, 0) is 14.2 Å². The highest BCUT2D eigenvalue weighted by molar-refractivity contribution is 5.89. The lowest BCUT2D eigenvalue weighted by Gasteiger charge is -2.27. The summed E-state index contributed by atoms with van der Waals surface area (Å²) in [6, 6.07) is 9.17. The van der Waals surface area contributed by atoms with E-state index in [0.29, 0.717) is 30.9 Å². The molecule has 2 aliphatic heterocycles. The molecule has 3 rings (SSSR count).